The lowest BCUT2D eigenvalue weighted by atomic mass is 10.1. The molecule has 2 aromatic carbocycles. The van der Waals surface area contributed by atoms with Crippen molar-refractivity contribution in [1.29, 1.82) is 0 Å². The summed E-state index contributed by atoms with van der Waals surface area (Å²) in [4.78, 5) is 21.1. The van der Waals surface area contributed by atoms with E-state index in [9.17, 15) is 4.79 Å². The third-order valence-corrected chi connectivity index (χ3v) is 5.33. The Morgan fingerprint density at radius 3 is 2.58 bits per heavy atom. The molecule has 0 N–H and O–H groups in total. The number of hydrogen-bond acceptors (Lipinski definition) is 5. The van der Waals surface area contributed by atoms with E-state index in [2.05, 4.69) is 22.0 Å². The molecule has 160 valence electrons. The van der Waals surface area contributed by atoms with E-state index in [0.717, 1.165) is 43.2 Å². The van der Waals surface area contributed by atoms with Gasteiger partial charge in [0, 0.05) is 55.9 Å². The van der Waals surface area contributed by atoms with Crippen molar-refractivity contribution < 1.29 is 14.3 Å². The zero-order valence-corrected chi connectivity index (χ0v) is 17.7. The Hall–Kier alpha value is -3.38. The van der Waals surface area contributed by atoms with Crippen LogP contribution in [-0.2, 0) is 17.9 Å². The minimum Gasteiger partial charge on any atom is -0.489 e. The van der Waals surface area contributed by atoms with Gasteiger partial charge in [-0.15, -0.1) is 0 Å². The first kappa shape index (κ1) is 20.9. The predicted octanol–water partition coefficient (Wildman–Crippen LogP) is 3.77. The van der Waals surface area contributed by atoms with Crippen molar-refractivity contribution >= 4 is 11.6 Å². The number of amides is 1. The van der Waals surface area contributed by atoms with Crippen LogP contribution >= 0.6 is 0 Å². The Kier molecular flexibility index (Phi) is 6.79. The smallest absolute Gasteiger partial charge is 0.253 e. The molecule has 0 radical (unpaired) electrons. The number of rotatable bonds is 7. The van der Waals surface area contributed by atoms with Gasteiger partial charge in [-0.3, -0.25) is 9.78 Å². The highest BCUT2D eigenvalue weighted by Crippen LogP contribution is 2.23. The topological polar surface area (TPSA) is 54.9 Å². The van der Waals surface area contributed by atoms with Gasteiger partial charge in [-0.1, -0.05) is 24.3 Å². The lowest BCUT2D eigenvalue weighted by molar-refractivity contribution is 0.0785. The molecule has 0 aliphatic carbocycles. The molecule has 0 spiro atoms. The maximum atomic E-state index is 13.0. The van der Waals surface area contributed by atoms with E-state index in [1.807, 2.05) is 55.6 Å². The highest BCUT2D eigenvalue weighted by Gasteiger charge is 2.18. The summed E-state index contributed by atoms with van der Waals surface area (Å²) in [5.41, 5.74) is 3.95. The van der Waals surface area contributed by atoms with Crippen LogP contribution in [0.5, 0.6) is 5.75 Å². The van der Waals surface area contributed by atoms with Gasteiger partial charge in [0.15, 0.2) is 0 Å². The fraction of sp³-hybridized carbons (Fsp3) is 0.280. The fourth-order valence-electron chi connectivity index (χ4n) is 3.65. The molecule has 1 amide bonds. The lowest BCUT2D eigenvalue weighted by Gasteiger charge is -2.31. The predicted molar refractivity (Wildman–Crippen MR) is 120 cm³/mol. The van der Waals surface area contributed by atoms with E-state index < -0.39 is 0 Å². The summed E-state index contributed by atoms with van der Waals surface area (Å²) in [6.07, 6.45) is 3.52. The largest absolute Gasteiger partial charge is 0.489 e. The average Bonchev–Trinajstić information content (AvgIpc) is 2.84. The van der Waals surface area contributed by atoms with Gasteiger partial charge in [0.1, 0.15) is 12.4 Å². The molecule has 0 bridgehead atoms. The number of anilines is 1. The van der Waals surface area contributed by atoms with E-state index in [0.29, 0.717) is 18.7 Å². The van der Waals surface area contributed by atoms with Crippen molar-refractivity contribution in [3.8, 4) is 5.75 Å². The number of carbonyl (C=O) groups excluding carboxylic acids is 1. The van der Waals surface area contributed by atoms with E-state index in [1.54, 1.807) is 17.3 Å². The summed E-state index contributed by atoms with van der Waals surface area (Å²) in [6.45, 7) is 4.20. The molecule has 4 rings (SSSR count). The number of ether oxygens (including phenoxy) is 2. The van der Waals surface area contributed by atoms with Crippen molar-refractivity contribution in [1.82, 2.24) is 9.88 Å². The standard InChI is InChI=1S/C25H27N3O3/c1-27(18-22-6-2-3-7-24(22)28-13-15-30-16-14-28)25(29)21-8-10-23(11-9-21)31-19-20-5-4-12-26-17-20/h2-12,17H,13-16,18-19H2,1H3. The first-order chi connectivity index (χ1) is 15.2. The van der Waals surface area contributed by atoms with Crippen molar-refractivity contribution in [3.05, 3.63) is 89.7 Å². The van der Waals surface area contributed by atoms with Gasteiger partial charge < -0.3 is 19.3 Å². The summed E-state index contributed by atoms with van der Waals surface area (Å²) < 4.78 is 11.3. The lowest BCUT2D eigenvalue weighted by Crippen LogP contribution is -2.37. The number of carbonyl (C=O) groups is 1. The highest BCUT2D eigenvalue weighted by atomic mass is 16.5. The molecule has 1 fully saturated rings. The summed E-state index contributed by atoms with van der Waals surface area (Å²) in [5, 5.41) is 0. The molecule has 1 aliphatic heterocycles. The van der Waals surface area contributed by atoms with Crippen LogP contribution in [0.15, 0.2) is 73.1 Å². The Bertz CT molecular complexity index is 986. The van der Waals surface area contributed by atoms with Gasteiger partial charge in [-0.2, -0.15) is 0 Å². The van der Waals surface area contributed by atoms with Gasteiger partial charge in [-0.05, 0) is 42.0 Å². The van der Waals surface area contributed by atoms with E-state index in [1.165, 1.54) is 5.69 Å². The van der Waals surface area contributed by atoms with Crippen molar-refractivity contribution in [3.63, 3.8) is 0 Å². The third-order valence-electron chi connectivity index (χ3n) is 5.33. The Labute approximate surface area is 183 Å². The molecule has 1 aromatic heterocycles. The van der Waals surface area contributed by atoms with E-state index in [-0.39, 0.29) is 5.91 Å². The second-order valence-electron chi connectivity index (χ2n) is 7.56. The summed E-state index contributed by atoms with van der Waals surface area (Å²) >= 11 is 0. The molecule has 1 saturated heterocycles. The quantitative estimate of drug-likeness (QED) is 0.586. The number of benzene rings is 2. The second kappa shape index (κ2) is 10.1. The monoisotopic (exact) mass is 417 g/mol. The summed E-state index contributed by atoms with van der Waals surface area (Å²) in [6, 6.07) is 19.4. The molecule has 3 aromatic rings. The Morgan fingerprint density at radius 2 is 1.84 bits per heavy atom. The third kappa shape index (κ3) is 5.41. The number of nitrogens with zero attached hydrogens (tertiary/aromatic N) is 3. The number of aromatic nitrogens is 1. The fourth-order valence-corrected chi connectivity index (χ4v) is 3.65. The highest BCUT2D eigenvalue weighted by molar-refractivity contribution is 5.94. The van der Waals surface area contributed by atoms with Crippen LogP contribution in [0.4, 0.5) is 5.69 Å². The maximum absolute atomic E-state index is 13.0. The first-order valence-corrected chi connectivity index (χ1v) is 10.5. The van der Waals surface area contributed by atoms with Crippen LogP contribution in [0, 0.1) is 0 Å². The zero-order valence-electron chi connectivity index (χ0n) is 17.7. The molecule has 0 saturated carbocycles. The zero-order chi connectivity index (χ0) is 21.5. The van der Waals surface area contributed by atoms with Gasteiger partial charge in [-0.25, -0.2) is 0 Å². The SMILES string of the molecule is CN(Cc1ccccc1N1CCOCC1)C(=O)c1ccc(OCc2cccnc2)cc1. The maximum Gasteiger partial charge on any atom is 0.253 e. The molecule has 0 unspecified atom stereocenters. The van der Waals surface area contributed by atoms with Crippen LogP contribution in [0.25, 0.3) is 0 Å². The molecular formula is C25H27N3O3. The number of hydrogen-bond donors (Lipinski definition) is 0. The molecule has 6 heteroatoms. The minimum atomic E-state index is -0.0180. The molecule has 31 heavy (non-hydrogen) atoms. The first-order valence-electron chi connectivity index (χ1n) is 10.5. The van der Waals surface area contributed by atoms with Gasteiger partial charge in [0.2, 0.25) is 0 Å². The average molecular weight is 418 g/mol. The van der Waals surface area contributed by atoms with Crippen molar-refractivity contribution in [2.24, 2.45) is 0 Å². The molecule has 6 nitrogen and oxygen atoms in total. The van der Waals surface area contributed by atoms with Crippen LogP contribution in [-0.4, -0.2) is 49.1 Å². The van der Waals surface area contributed by atoms with Crippen molar-refractivity contribution in [2.45, 2.75) is 13.2 Å². The minimum absolute atomic E-state index is 0.0180. The molecular weight excluding hydrogens is 390 g/mol. The van der Waals surface area contributed by atoms with E-state index >= 15 is 0 Å². The number of morpholine rings is 1. The molecule has 2 heterocycles. The number of para-hydroxylation sites is 1. The summed E-state index contributed by atoms with van der Waals surface area (Å²) in [7, 11) is 1.84. The summed E-state index contributed by atoms with van der Waals surface area (Å²) in [5.74, 6) is 0.705. The van der Waals surface area contributed by atoms with Crippen LogP contribution < -0.4 is 9.64 Å². The molecule has 1 aliphatic rings. The van der Waals surface area contributed by atoms with Crippen LogP contribution in [0.1, 0.15) is 21.5 Å². The number of pyridine rings is 1. The normalized spacial score (nSPS) is 13.6. The van der Waals surface area contributed by atoms with E-state index in [4.69, 9.17) is 9.47 Å². The molecule has 0 atom stereocenters. The van der Waals surface area contributed by atoms with Gasteiger partial charge >= 0.3 is 0 Å². The van der Waals surface area contributed by atoms with Crippen LogP contribution in [0.2, 0.25) is 0 Å². The van der Waals surface area contributed by atoms with Crippen molar-refractivity contribution in [2.75, 3.05) is 38.3 Å². The van der Waals surface area contributed by atoms with Crippen LogP contribution in [0.3, 0.4) is 0 Å². The van der Waals surface area contributed by atoms with Gasteiger partial charge in [0.25, 0.3) is 5.91 Å². The second-order valence-corrected chi connectivity index (χ2v) is 7.56. The Morgan fingerprint density at radius 1 is 1.06 bits per heavy atom. The van der Waals surface area contributed by atoms with Gasteiger partial charge in [0.05, 0.1) is 13.2 Å². The Balaban J connectivity index is 1.38.